The molecule has 0 aliphatic carbocycles. The van der Waals surface area contributed by atoms with Gasteiger partial charge in [0, 0.05) is 15.9 Å². The Kier molecular flexibility index (Phi) is 2.74. The number of nitrogen functional groups attached to an aromatic ring is 1. The summed E-state index contributed by atoms with van der Waals surface area (Å²) in [7, 11) is 0. The lowest BCUT2D eigenvalue weighted by atomic mass is 10.1. The maximum atomic E-state index is 12.4. The van der Waals surface area contributed by atoms with Gasteiger partial charge in [-0.05, 0) is 35.8 Å². The third kappa shape index (κ3) is 1.72. The monoisotopic (exact) mass is 319 g/mol. The average Bonchev–Trinajstić information content (AvgIpc) is 2.69. The van der Waals surface area contributed by atoms with Crippen molar-refractivity contribution >= 4 is 38.4 Å². The molecule has 2 aromatic rings. The molecule has 0 fully saturated rings. The van der Waals surface area contributed by atoms with Gasteiger partial charge in [-0.15, -0.1) is 0 Å². The first-order valence-electron chi connectivity index (χ1n) is 6.18. The number of rotatable bonds is 1. The Balaban J connectivity index is 2.29. The number of halogens is 1. The summed E-state index contributed by atoms with van der Waals surface area (Å²) >= 11 is 3.48. The Morgan fingerprint density at radius 3 is 2.84 bits per heavy atom. The van der Waals surface area contributed by atoms with Gasteiger partial charge in [0.15, 0.2) is 0 Å². The minimum absolute atomic E-state index is 0.0168. The normalized spacial score (nSPS) is 14.5. The first-order valence-corrected chi connectivity index (χ1v) is 6.97. The molecule has 0 saturated carbocycles. The molecule has 0 atom stereocenters. The van der Waals surface area contributed by atoms with Crippen molar-refractivity contribution in [2.24, 2.45) is 0 Å². The number of anilines is 1. The number of nitrogens with two attached hydrogens (primary N) is 1. The molecule has 1 aromatic carbocycles. The number of carbonyl (C=O) groups excluding carboxylic acids is 1. The standard InChI is InChI=1S/C14H14BrN3O/c1-7(2)18-6-10-11(14(18)19)12(16)8-4-3-5-9(15)13(8)17-10/h3-5,7H,6H2,1-2H3,(H2,16,17). The summed E-state index contributed by atoms with van der Waals surface area (Å²) in [6.45, 7) is 4.53. The quantitative estimate of drug-likeness (QED) is 0.879. The van der Waals surface area contributed by atoms with E-state index in [-0.39, 0.29) is 11.9 Å². The van der Waals surface area contributed by atoms with Crippen molar-refractivity contribution < 1.29 is 4.79 Å². The highest BCUT2D eigenvalue weighted by atomic mass is 79.9. The lowest BCUT2D eigenvalue weighted by Crippen LogP contribution is -2.31. The van der Waals surface area contributed by atoms with Crippen molar-refractivity contribution in [2.45, 2.75) is 26.4 Å². The van der Waals surface area contributed by atoms with E-state index in [0.717, 1.165) is 21.1 Å². The minimum atomic E-state index is -0.0168. The van der Waals surface area contributed by atoms with E-state index in [1.54, 1.807) is 4.90 Å². The summed E-state index contributed by atoms with van der Waals surface area (Å²) in [5, 5.41) is 0.826. The fourth-order valence-electron chi connectivity index (χ4n) is 2.47. The van der Waals surface area contributed by atoms with Crippen LogP contribution in [0.1, 0.15) is 29.9 Å². The van der Waals surface area contributed by atoms with Gasteiger partial charge in [0.05, 0.1) is 29.0 Å². The SMILES string of the molecule is CC(C)N1Cc2nc3c(Br)cccc3c(N)c2C1=O. The molecule has 0 spiro atoms. The Morgan fingerprint density at radius 2 is 2.16 bits per heavy atom. The summed E-state index contributed by atoms with van der Waals surface area (Å²) < 4.78 is 0.898. The van der Waals surface area contributed by atoms with Gasteiger partial charge in [-0.3, -0.25) is 4.79 Å². The van der Waals surface area contributed by atoms with E-state index in [2.05, 4.69) is 20.9 Å². The van der Waals surface area contributed by atoms with E-state index in [1.807, 2.05) is 32.0 Å². The van der Waals surface area contributed by atoms with Gasteiger partial charge in [0.25, 0.3) is 5.91 Å². The van der Waals surface area contributed by atoms with Crippen LogP contribution in [-0.4, -0.2) is 21.8 Å². The van der Waals surface area contributed by atoms with Gasteiger partial charge in [-0.25, -0.2) is 4.98 Å². The third-order valence-corrected chi connectivity index (χ3v) is 4.14. The second-order valence-electron chi connectivity index (χ2n) is 5.01. The lowest BCUT2D eigenvalue weighted by Gasteiger charge is -2.19. The van der Waals surface area contributed by atoms with Gasteiger partial charge < -0.3 is 10.6 Å². The molecule has 1 aromatic heterocycles. The van der Waals surface area contributed by atoms with Gasteiger partial charge in [-0.2, -0.15) is 0 Å². The van der Waals surface area contributed by atoms with Crippen molar-refractivity contribution in [1.82, 2.24) is 9.88 Å². The molecule has 5 heteroatoms. The second-order valence-corrected chi connectivity index (χ2v) is 5.86. The second kappa shape index (κ2) is 4.20. The molecule has 0 bridgehead atoms. The molecule has 1 aliphatic rings. The number of hydrogen-bond donors (Lipinski definition) is 1. The predicted molar refractivity (Wildman–Crippen MR) is 78.9 cm³/mol. The van der Waals surface area contributed by atoms with Crippen molar-refractivity contribution in [3.63, 3.8) is 0 Å². The van der Waals surface area contributed by atoms with Crippen LogP contribution < -0.4 is 5.73 Å². The summed E-state index contributed by atoms with van der Waals surface area (Å²) in [5.41, 5.74) is 8.88. The number of hydrogen-bond acceptors (Lipinski definition) is 3. The van der Waals surface area contributed by atoms with Crippen LogP contribution in [0.25, 0.3) is 10.9 Å². The van der Waals surface area contributed by atoms with E-state index in [4.69, 9.17) is 5.73 Å². The van der Waals surface area contributed by atoms with Gasteiger partial charge in [0.2, 0.25) is 0 Å². The van der Waals surface area contributed by atoms with Crippen LogP contribution in [0.5, 0.6) is 0 Å². The summed E-state index contributed by atoms with van der Waals surface area (Å²) in [4.78, 5) is 18.8. The fourth-order valence-corrected chi connectivity index (χ4v) is 2.93. The Hall–Kier alpha value is -1.62. The molecule has 19 heavy (non-hydrogen) atoms. The molecule has 3 rings (SSSR count). The lowest BCUT2D eigenvalue weighted by molar-refractivity contribution is 0.0731. The van der Waals surface area contributed by atoms with E-state index in [9.17, 15) is 4.79 Å². The molecular weight excluding hydrogens is 306 g/mol. The number of para-hydroxylation sites is 1. The molecule has 2 heterocycles. The highest BCUT2D eigenvalue weighted by molar-refractivity contribution is 9.10. The number of pyridine rings is 1. The van der Waals surface area contributed by atoms with Crippen molar-refractivity contribution in [3.8, 4) is 0 Å². The largest absolute Gasteiger partial charge is 0.397 e. The molecule has 1 aliphatic heterocycles. The van der Waals surface area contributed by atoms with E-state index in [0.29, 0.717) is 17.8 Å². The zero-order valence-electron chi connectivity index (χ0n) is 10.8. The van der Waals surface area contributed by atoms with Crippen LogP contribution in [0.3, 0.4) is 0 Å². The fraction of sp³-hybridized carbons (Fsp3) is 0.286. The zero-order valence-corrected chi connectivity index (χ0v) is 12.4. The zero-order chi connectivity index (χ0) is 13.7. The molecule has 0 radical (unpaired) electrons. The molecular formula is C14H14BrN3O. The Morgan fingerprint density at radius 1 is 1.42 bits per heavy atom. The summed E-state index contributed by atoms with van der Waals surface area (Å²) in [6, 6.07) is 5.87. The maximum Gasteiger partial charge on any atom is 0.258 e. The van der Waals surface area contributed by atoms with Gasteiger partial charge >= 0.3 is 0 Å². The summed E-state index contributed by atoms with van der Waals surface area (Å²) in [6.07, 6.45) is 0. The van der Waals surface area contributed by atoms with Crippen molar-refractivity contribution in [3.05, 3.63) is 33.9 Å². The van der Waals surface area contributed by atoms with Crippen LogP contribution >= 0.6 is 15.9 Å². The number of fused-ring (bicyclic) bond motifs is 2. The van der Waals surface area contributed by atoms with Crippen LogP contribution in [0, 0.1) is 0 Å². The van der Waals surface area contributed by atoms with Crippen LogP contribution in [0.2, 0.25) is 0 Å². The van der Waals surface area contributed by atoms with E-state index in [1.165, 1.54) is 0 Å². The highest BCUT2D eigenvalue weighted by Gasteiger charge is 2.33. The van der Waals surface area contributed by atoms with Crippen molar-refractivity contribution in [2.75, 3.05) is 5.73 Å². The number of amides is 1. The molecule has 1 amide bonds. The number of benzene rings is 1. The summed E-state index contributed by atoms with van der Waals surface area (Å²) in [5.74, 6) is -0.0168. The minimum Gasteiger partial charge on any atom is -0.397 e. The molecule has 98 valence electrons. The number of nitrogens with zero attached hydrogens (tertiary/aromatic N) is 2. The predicted octanol–water partition coefficient (Wildman–Crippen LogP) is 2.94. The highest BCUT2D eigenvalue weighted by Crippen LogP contribution is 2.35. The Bertz CT molecular complexity index is 697. The van der Waals surface area contributed by atoms with Crippen molar-refractivity contribution in [1.29, 1.82) is 0 Å². The topological polar surface area (TPSA) is 59.2 Å². The van der Waals surface area contributed by atoms with Crippen LogP contribution in [0.15, 0.2) is 22.7 Å². The van der Waals surface area contributed by atoms with E-state index >= 15 is 0 Å². The van der Waals surface area contributed by atoms with E-state index < -0.39 is 0 Å². The first kappa shape index (κ1) is 12.4. The molecule has 2 N–H and O–H groups in total. The smallest absolute Gasteiger partial charge is 0.258 e. The van der Waals surface area contributed by atoms with Gasteiger partial charge in [-0.1, -0.05) is 12.1 Å². The van der Waals surface area contributed by atoms with Crippen LogP contribution in [0.4, 0.5) is 5.69 Å². The average molecular weight is 320 g/mol. The molecule has 4 nitrogen and oxygen atoms in total. The molecule has 0 unspecified atom stereocenters. The maximum absolute atomic E-state index is 12.4. The Labute approximate surface area is 119 Å². The first-order chi connectivity index (χ1) is 9.00. The van der Waals surface area contributed by atoms with Crippen LogP contribution in [-0.2, 0) is 6.54 Å². The third-order valence-electron chi connectivity index (χ3n) is 3.50. The number of carbonyl (C=O) groups is 1. The number of aromatic nitrogens is 1. The molecule has 0 saturated heterocycles. The van der Waals surface area contributed by atoms with Gasteiger partial charge in [0.1, 0.15) is 0 Å².